The molecule has 0 atom stereocenters. The zero-order valence-electron chi connectivity index (χ0n) is 41.0. The molecule has 3 aromatic rings. The van der Waals surface area contributed by atoms with Crippen LogP contribution in [0.25, 0.3) is 0 Å². The first-order valence-corrected chi connectivity index (χ1v) is 22.8. The third-order valence-corrected chi connectivity index (χ3v) is 9.15. The number of rotatable bonds is 4. The predicted molar refractivity (Wildman–Crippen MR) is 233 cm³/mol. The number of carbonyl (C=O) groups is 6. The molecule has 1 aromatic heterocycles. The molecule has 0 bridgehead atoms. The molecule has 2 aromatic carbocycles. The van der Waals surface area contributed by atoms with E-state index in [1.165, 1.54) is 55.6 Å². The van der Waals surface area contributed by atoms with Crippen LogP contribution in [0.1, 0.15) is 75.2 Å². The van der Waals surface area contributed by atoms with Crippen LogP contribution in [-0.4, -0.2) is 144 Å². The second-order valence-corrected chi connectivity index (χ2v) is 17.1. The van der Waals surface area contributed by atoms with E-state index in [0.717, 1.165) is 11.5 Å². The minimum absolute atomic E-state index is 0. The number of carbonyl (C=O) groups excluding carboxylic acids is 6. The molecule has 0 spiro atoms. The van der Waals surface area contributed by atoms with E-state index in [1.807, 2.05) is 37.8 Å². The van der Waals surface area contributed by atoms with Crippen LogP contribution in [0.2, 0.25) is 0 Å². The Bertz CT molecular complexity index is 2660. The number of aromatic hydroxyl groups is 2. The quantitative estimate of drug-likeness (QED) is 0.0405. The van der Waals surface area contributed by atoms with Gasteiger partial charge in [0.1, 0.15) is 28.6 Å². The van der Waals surface area contributed by atoms with E-state index in [9.17, 15) is 78.5 Å². The summed E-state index contributed by atoms with van der Waals surface area (Å²) in [5.74, 6) is 1.16. The Hall–Kier alpha value is -6.33. The second kappa shape index (κ2) is 33.6. The number of hydrogen-bond acceptors (Lipinski definition) is 21. The molecule has 37 heteroatoms. The third-order valence-electron chi connectivity index (χ3n) is 7.39. The van der Waals surface area contributed by atoms with Crippen molar-refractivity contribution in [2.45, 2.75) is 58.1 Å². The molecule has 429 valence electrons. The molecule has 0 aliphatic carbocycles. The van der Waals surface area contributed by atoms with E-state index in [0.29, 0.717) is 22.3 Å². The zero-order chi connectivity index (χ0) is 60.6. The van der Waals surface area contributed by atoms with Crippen molar-refractivity contribution in [2.24, 2.45) is 0 Å². The van der Waals surface area contributed by atoms with Gasteiger partial charge < -0.3 is 43.1 Å². The van der Waals surface area contributed by atoms with Gasteiger partial charge in [-0.2, -0.15) is 64.8 Å². The normalized spacial score (nSPS) is 10.6. The summed E-state index contributed by atoms with van der Waals surface area (Å²) in [6.07, 6.45) is 0. The zero-order valence-corrected chi connectivity index (χ0v) is 45.3. The van der Waals surface area contributed by atoms with Crippen LogP contribution in [0.15, 0.2) is 28.7 Å². The van der Waals surface area contributed by atoms with E-state index < -0.39 is 82.7 Å². The number of furan rings is 1. The number of ether oxygens (including phenoxy) is 6. The van der Waals surface area contributed by atoms with Crippen molar-refractivity contribution < 1.29 is 176 Å². The number of hydrogen-bond donors (Lipinski definition) is 5. The summed E-state index contributed by atoms with van der Waals surface area (Å²) in [4.78, 5) is 66.9. The van der Waals surface area contributed by atoms with Crippen LogP contribution in [0.3, 0.4) is 0 Å². The second-order valence-electron chi connectivity index (χ2n) is 12.8. The van der Waals surface area contributed by atoms with E-state index in [2.05, 4.69) is 28.4 Å². The first-order chi connectivity index (χ1) is 33.6. The SMILES string of the molecule is COC(=O)C#CC(=O)OC.COC(=O)c1c(C)cc(C)c(O)c1C(=O)OC.COC(=O)c1c(C)cc(O)c(C)c1C(=O)OC.Cc1ccc(C)o1.O=S(=O)(O)C(F)(F)F.O=S(=O)(O)C(F)(F)F.O=S(=O)(O)C(F)(F)F.[Sc]. The Kier molecular flexibility index (Phi) is 34.8. The van der Waals surface area contributed by atoms with Gasteiger partial charge in [0, 0.05) is 43.2 Å². The van der Waals surface area contributed by atoms with Crippen LogP contribution in [0.5, 0.6) is 11.5 Å². The summed E-state index contributed by atoms with van der Waals surface area (Å²) in [5, 5.41) is 19.5. The van der Waals surface area contributed by atoms with Crippen molar-refractivity contribution in [2.75, 3.05) is 42.7 Å². The number of methoxy groups -OCH3 is 6. The number of phenolic OH excluding ortho intramolecular Hbond substituents is 2. The Labute approximate surface area is 444 Å². The molecule has 1 heterocycles. The number of benzene rings is 2. The van der Waals surface area contributed by atoms with E-state index >= 15 is 0 Å². The van der Waals surface area contributed by atoms with Crippen molar-refractivity contribution >= 4 is 66.2 Å². The van der Waals surface area contributed by atoms with Crippen molar-refractivity contribution in [1.82, 2.24) is 0 Å². The predicted octanol–water partition coefficient (Wildman–Crippen LogP) is 5.58. The van der Waals surface area contributed by atoms with Crippen molar-refractivity contribution in [1.29, 1.82) is 0 Å². The van der Waals surface area contributed by atoms with Gasteiger partial charge in [-0.3, -0.25) is 13.7 Å². The summed E-state index contributed by atoms with van der Waals surface area (Å²) in [5.41, 5.74) is -14.8. The molecule has 76 heavy (non-hydrogen) atoms. The Morgan fingerprint density at radius 2 is 0.711 bits per heavy atom. The minimum Gasteiger partial charge on any atom is -0.508 e. The molecule has 0 saturated heterocycles. The molecule has 0 fully saturated rings. The summed E-state index contributed by atoms with van der Waals surface area (Å²) >= 11 is 0. The summed E-state index contributed by atoms with van der Waals surface area (Å²) < 4.78 is 204. The average molecular weight is 1210 g/mol. The van der Waals surface area contributed by atoms with Gasteiger partial charge in [-0.25, -0.2) is 28.8 Å². The standard InChI is InChI=1S/2C12H14O5.C6H6O4.C6H8O.3CHF3O3S.Sc/c1-6-5-8(13)7(2)10(12(15)17-4)9(6)11(14)16-3;1-6-5-7(2)10(13)9(12(15)17-4)8(6)11(14)16-3;1-9-5(7)3-4-6(8)10-2;1-5-3-4-6(2)7-5;3*2-1(3,4)8(5,6)7;/h2*5,13H,1-4H3;1-2H3;3-4H,1-2H3;3*(H,5,6,7);. The van der Waals surface area contributed by atoms with Crippen molar-refractivity contribution in [3.05, 3.63) is 80.3 Å². The van der Waals surface area contributed by atoms with Crippen LogP contribution in [-0.2, 0) is 94.2 Å². The van der Waals surface area contributed by atoms with Gasteiger partial charge in [-0.05, 0) is 76.4 Å². The van der Waals surface area contributed by atoms with Crippen LogP contribution < -0.4 is 0 Å². The van der Waals surface area contributed by atoms with Gasteiger partial charge >= 0.3 is 82.7 Å². The monoisotopic (exact) mass is 1210 g/mol. The first kappa shape index (κ1) is 78.6. The van der Waals surface area contributed by atoms with Crippen LogP contribution in [0, 0.1) is 53.4 Å². The van der Waals surface area contributed by atoms with Crippen molar-refractivity contribution in [3.63, 3.8) is 0 Å². The molecule has 24 nitrogen and oxygen atoms in total. The summed E-state index contributed by atoms with van der Waals surface area (Å²) in [6.45, 7) is 10.3. The number of esters is 6. The Balaban J connectivity index is -0.000000266. The molecule has 0 saturated carbocycles. The van der Waals surface area contributed by atoms with E-state index in [4.69, 9.17) is 43.3 Å². The fraction of sp³-hybridized carbons (Fsp3) is 0.385. The maximum atomic E-state index is 11.6. The van der Waals surface area contributed by atoms with Gasteiger partial charge in [-0.15, -0.1) is 0 Å². The molecule has 3 rings (SSSR count). The average Bonchev–Trinajstić information content (AvgIpc) is 3.67. The number of phenols is 2. The van der Waals surface area contributed by atoms with Gasteiger partial charge in [-0.1, -0.05) is 6.07 Å². The Morgan fingerprint density at radius 3 is 0.947 bits per heavy atom. The minimum atomic E-state index is -5.84. The van der Waals surface area contributed by atoms with Crippen molar-refractivity contribution in [3.8, 4) is 23.3 Å². The van der Waals surface area contributed by atoms with Gasteiger partial charge in [0.25, 0.3) is 0 Å². The number of aryl methyl sites for hydroxylation is 5. The molecule has 0 aliphatic heterocycles. The Morgan fingerprint density at radius 1 is 0.461 bits per heavy atom. The number of alkyl halides is 9. The molecule has 0 amide bonds. The molecule has 0 aliphatic rings. The summed E-state index contributed by atoms with van der Waals surface area (Å²) in [7, 11) is -10.3. The topological polar surface area (TPSA) is 375 Å². The third kappa shape index (κ3) is 28.5. The molecular formula is C39H45F9O24S3Sc. The molecular weight excluding hydrogens is 1160 g/mol. The van der Waals surface area contributed by atoms with Crippen LogP contribution in [0.4, 0.5) is 39.5 Å². The maximum Gasteiger partial charge on any atom is 0.522 e. The van der Waals surface area contributed by atoms with Gasteiger partial charge in [0.15, 0.2) is 0 Å². The van der Waals surface area contributed by atoms with E-state index in [1.54, 1.807) is 26.8 Å². The number of halogens is 9. The maximum absolute atomic E-state index is 11.6. The van der Waals surface area contributed by atoms with Gasteiger partial charge in [0.05, 0.1) is 59.3 Å². The fourth-order valence-corrected chi connectivity index (χ4v) is 4.03. The summed E-state index contributed by atoms with van der Waals surface area (Å²) in [6, 6.07) is 6.92. The van der Waals surface area contributed by atoms with Gasteiger partial charge in [0.2, 0.25) is 0 Å². The molecule has 5 N–H and O–H groups in total. The molecule has 1 radical (unpaired) electrons. The largest absolute Gasteiger partial charge is 0.522 e. The first-order valence-electron chi connectivity index (χ1n) is 18.4. The smallest absolute Gasteiger partial charge is 0.508 e. The van der Waals surface area contributed by atoms with Crippen LogP contribution >= 0.6 is 0 Å². The fourth-order valence-electron chi connectivity index (χ4n) is 4.03. The molecule has 0 unspecified atom stereocenters. The van der Waals surface area contributed by atoms with E-state index in [-0.39, 0.29) is 59.6 Å².